The van der Waals surface area contributed by atoms with Crippen molar-refractivity contribution in [3.8, 4) is 5.75 Å². The van der Waals surface area contributed by atoms with Crippen LogP contribution in [0, 0.1) is 11.6 Å². The van der Waals surface area contributed by atoms with Crippen molar-refractivity contribution in [3.05, 3.63) is 155 Å². The van der Waals surface area contributed by atoms with Crippen molar-refractivity contribution >= 4 is 110 Å². The van der Waals surface area contributed by atoms with Crippen LogP contribution in [0.2, 0.25) is 0 Å². The number of carbonyl (C=O) groups is 11. The maximum atomic E-state index is 15.3. The second-order valence-corrected chi connectivity index (χ2v) is 27.1. The molecular formula is C69H79F2N15O12S2. The number of phenolic OH excluding ortho intramolecular Hbond substituents is 1. The van der Waals surface area contributed by atoms with E-state index < -0.39 is 151 Å². The van der Waals surface area contributed by atoms with Gasteiger partial charge in [0.15, 0.2) is 0 Å². The molecule has 31 heteroatoms. The van der Waals surface area contributed by atoms with E-state index in [1.165, 1.54) is 114 Å². The predicted molar refractivity (Wildman–Crippen MR) is 368 cm³/mol. The van der Waals surface area contributed by atoms with Gasteiger partial charge in [-0.15, -0.1) is 0 Å². The molecule has 11 amide bonds. The van der Waals surface area contributed by atoms with Crippen molar-refractivity contribution in [2.24, 2.45) is 5.73 Å². The lowest BCUT2D eigenvalue weighted by Crippen LogP contribution is -2.61. The first-order chi connectivity index (χ1) is 48.2. The Morgan fingerprint density at radius 3 is 1.87 bits per heavy atom. The highest BCUT2D eigenvalue weighted by molar-refractivity contribution is 7.98. The number of nitrogens with one attached hydrogen (secondary N) is 12. The number of hydrogen-bond acceptors (Lipinski definition) is 15. The van der Waals surface area contributed by atoms with Gasteiger partial charge in [0, 0.05) is 121 Å². The number of primary amides is 1. The quantitative estimate of drug-likeness (QED) is 0.0986. The monoisotopic (exact) mass is 1410 g/mol. The molecule has 2 saturated heterocycles. The first kappa shape index (κ1) is 72.4. The number of nitrogens with two attached hydrogens (primary N) is 1. The highest BCUT2D eigenvalue weighted by Crippen LogP contribution is 2.26. The number of hydrogen-bond donors (Lipinski definition) is 14. The molecule has 10 rings (SSSR count). The molecule has 0 saturated carbocycles. The topological polar surface area (TPSA) is 406 Å². The number of H-pyrrole nitrogens is 3. The zero-order valence-corrected chi connectivity index (χ0v) is 56.1. The molecule has 2 fully saturated rings. The van der Waals surface area contributed by atoms with E-state index in [2.05, 4.69) is 67.8 Å². The lowest BCUT2D eigenvalue weighted by molar-refractivity contribution is -0.142. The van der Waals surface area contributed by atoms with E-state index in [-0.39, 0.29) is 76.0 Å². The predicted octanol–water partition coefficient (Wildman–Crippen LogP) is 2.26. The van der Waals surface area contributed by atoms with Gasteiger partial charge < -0.3 is 78.5 Å². The first-order valence-corrected chi connectivity index (χ1v) is 35.3. The Kier molecular flexibility index (Phi) is 25.0. The van der Waals surface area contributed by atoms with Crippen LogP contribution in [0.3, 0.4) is 0 Å². The zero-order valence-electron chi connectivity index (χ0n) is 54.4. The zero-order chi connectivity index (χ0) is 70.8. The summed E-state index contributed by atoms with van der Waals surface area (Å²) in [6.45, 7) is -0.586. The Bertz CT molecular complexity index is 4140. The Hall–Kier alpha value is -10.3. The van der Waals surface area contributed by atoms with Crippen LogP contribution < -0.4 is 53.6 Å². The van der Waals surface area contributed by atoms with Crippen molar-refractivity contribution in [3.63, 3.8) is 0 Å². The van der Waals surface area contributed by atoms with Crippen LogP contribution in [0.15, 0.2) is 110 Å². The summed E-state index contributed by atoms with van der Waals surface area (Å²) in [7, 11) is 0. The van der Waals surface area contributed by atoms with Crippen LogP contribution in [0.1, 0.15) is 84.9 Å². The molecule has 528 valence electrons. The summed E-state index contributed by atoms with van der Waals surface area (Å²) in [6.07, 6.45) is 4.79. The molecule has 27 nitrogen and oxygen atoms in total. The standard InChI is InChI=1S/C69H79F2N15O12S2/c70-43-11-15-49-47(27-43)41(30-75-49)25-53-65(94)82-54(26-42-31-76-50-16-12-44(71)28-48(42)50)66(95)81-52-17-18-59(88)74-20-2-1-7-51(63(92)77-33-61(90)80-53)79-60(89)19-22-99-34-39-5-3-6-40(23-39)35-100-36-57(62(72)91)85-68(97)58-8-4-21-86(58)69(98)56(24-38-9-13-46(87)14-10-38)84-67(96)55(83-64(52)93)29-45-32-73-37-78-45/h3,5-6,9-16,23,27-28,30-32,37,51-58,75-76,87H,1-2,4,7-8,17-22,24-26,29,33-36H2,(H2,72,91)(H,73,78)(H,74,88)(H,77,92)(H,79,89)(H,80,90)(H,81,95)(H,82,94)(H,83,93)(H,84,96)(H,85,97)/t51-,52-,53-,54-,55-,56-,57-,58-/m0/s1. The summed E-state index contributed by atoms with van der Waals surface area (Å²) in [5.41, 5.74) is 10.1. The molecule has 6 heterocycles. The van der Waals surface area contributed by atoms with Crippen LogP contribution in [0.5, 0.6) is 5.75 Å². The number of phenols is 1. The summed E-state index contributed by atoms with van der Waals surface area (Å²) >= 11 is 2.81. The molecule has 8 atom stereocenters. The number of imidazole rings is 1. The Morgan fingerprint density at radius 1 is 0.570 bits per heavy atom. The van der Waals surface area contributed by atoms with E-state index in [0.717, 1.165) is 11.1 Å². The average molecular weight is 1410 g/mol. The van der Waals surface area contributed by atoms with Crippen LogP contribution in [0.4, 0.5) is 8.78 Å². The first-order valence-electron chi connectivity index (χ1n) is 32.9. The fourth-order valence-corrected chi connectivity index (χ4v) is 14.2. The highest BCUT2D eigenvalue weighted by atomic mass is 32.2. The maximum Gasteiger partial charge on any atom is 0.246 e. The number of amides is 11. The SMILES string of the molecule is NC(=O)[C@@H]1CSCc2cccc(c2)CSCCC(=O)N[C@H]2CCCCNC(=O)CC[C@H](NC(=O)[C@H](Cc3c[nH]c4ccc(F)cc34)NC(=O)[C@H](Cc3c[nH]c4ccc(F)cc34)NC(=O)CNC2=O)C(=O)N[C@@H](Cc2cnc[nH]2)C(=O)N[C@@H](Cc2ccc(O)cc2)C(=O)N2CCC[C@H]2C(=O)N1. The minimum Gasteiger partial charge on any atom is -0.508 e. The van der Waals surface area contributed by atoms with E-state index in [1.54, 1.807) is 0 Å². The van der Waals surface area contributed by atoms with Crippen molar-refractivity contribution in [2.75, 3.05) is 31.1 Å². The lowest BCUT2D eigenvalue weighted by atomic mass is 10.0. The van der Waals surface area contributed by atoms with Crippen molar-refractivity contribution in [1.29, 1.82) is 0 Å². The second kappa shape index (κ2) is 34.5. The van der Waals surface area contributed by atoms with Gasteiger partial charge in [-0.3, -0.25) is 52.7 Å². The van der Waals surface area contributed by atoms with Gasteiger partial charge in [-0.25, -0.2) is 13.8 Å². The molecule has 4 bridgehead atoms. The summed E-state index contributed by atoms with van der Waals surface area (Å²) in [5.74, 6) is -8.80. The number of rotatable bonds is 9. The molecule has 0 unspecified atom stereocenters. The molecule has 0 spiro atoms. The molecule has 3 aliphatic rings. The van der Waals surface area contributed by atoms with Crippen LogP contribution in [-0.4, -0.2) is 174 Å². The summed E-state index contributed by atoms with van der Waals surface area (Å²) in [4.78, 5) is 173. The third-order valence-electron chi connectivity index (χ3n) is 17.6. The van der Waals surface area contributed by atoms with Gasteiger partial charge in [0.05, 0.1) is 12.9 Å². The van der Waals surface area contributed by atoms with E-state index in [4.69, 9.17) is 5.73 Å². The molecule has 3 aliphatic heterocycles. The second-order valence-electron chi connectivity index (χ2n) is 24.9. The number of aromatic amines is 3. The molecule has 0 aliphatic carbocycles. The molecule has 3 aromatic heterocycles. The number of aromatic hydroxyl groups is 1. The number of benzene rings is 4. The summed E-state index contributed by atoms with van der Waals surface area (Å²) in [5, 5.41) is 35.4. The van der Waals surface area contributed by atoms with Gasteiger partial charge in [0.2, 0.25) is 65.0 Å². The number of carbonyl (C=O) groups excluding carboxylic acids is 11. The highest BCUT2D eigenvalue weighted by Gasteiger charge is 2.41. The molecule has 0 radical (unpaired) electrons. The summed E-state index contributed by atoms with van der Waals surface area (Å²) < 4.78 is 29.9. The third kappa shape index (κ3) is 20.0. The third-order valence-corrected chi connectivity index (χ3v) is 19.7. The molecule has 7 aromatic rings. The number of fused-ring (bicyclic) bond motifs is 14. The lowest BCUT2D eigenvalue weighted by Gasteiger charge is -2.31. The Balaban J connectivity index is 1.01. The number of aromatic nitrogens is 4. The normalized spacial score (nSPS) is 23.2. The van der Waals surface area contributed by atoms with Gasteiger partial charge >= 0.3 is 0 Å². The van der Waals surface area contributed by atoms with Crippen molar-refractivity contribution < 1.29 is 66.6 Å². The molecular weight excluding hydrogens is 1330 g/mol. The number of thioether (sulfide) groups is 2. The van der Waals surface area contributed by atoms with E-state index in [1.807, 2.05) is 24.3 Å². The smallest absolute Gasteiger partial charge is 0.246 e. The van der Waals surface area contributed by atoms with Gasteiger partial charge in [-0.05, 0) is 115 Å². The molecule has 15 N–H and O–H groups in total. The van der Waals surface area contributed by atoms with Crippen LogP contribution in [0.25, 0.3) is 21.8 Å². The van der Waals surface area contributed by atoms with Crippen molar-refractivity contribution in [2.45, 2.75) is 137 Å². The van der Waals surface area contributed by atoms with E-state index in [9.17, 15) is 38.3 Å². The summed E-state index contributed by atoms with van der Waals surface area (Å²) in [6, 6.07) is 9.90. The molecule has 100 heavy (non-hydrogen) atoms. The fraction of sp³-hybridized carbons (Fsp3) is 0.391. The van der Waals surface area contributed by atoms with E-state index in [0.29, 0.717) is 67.9 Å². The number of nitrogens with zero attached hydrogens (tertiary/aromatic N) is 2. The van der Waals surface area contributed by atoms with Crippen molar-refractivity contribution in [1.82, 2.24) is 72.7 Å². The minimum absolute atomic E-state index is 0.00484. The largest absolute Gasteiger partial charge is 0.508 e. The van der Waals surface area contributed by atoms with E-state index >= 15 is 28.4 Å². The Morgan fingerprint density at radius 2 is 1.20 bits per heavy atom. The number of halogens is 2. The van der Waals surface area contributed by atoms with Gasteiger partial charge in [0.1, 0.15) is 65.7 Å². The van der Waals surface area contributed by atoms with Gasteiger partial charge in [0.25, 0.3) is 0 Å². The molecule has 4 aromatic carbocycles. The fourth-order valence-electron chi connectivity index (χ4n) is 12.3. The van der Waals surface area contributed by atoms with Gasteiger partial charge in [-0.2, -0.15) is 23.5 Å². The van der Waals surface area contributed by atoms with Crippen LogP contribution in [-0.2, 0) is 89.9 Å². The van der Waals surface area contributed by atoms with Crippen LogP contribution >= 0.6 is 23.5 Å². The average Bonchev–Trinajstić information content (AvgIpc) is 1.63. The maximum absolute atomic E-state index is 15.3. The van der Waals surface area contributed by atoms with Gasteiger partial charge in [-0.1, -0.05) is 36.4 Å². The Labute approximate surface area is 581 Å². The minimum atomic E-state index is -1.70.